The van der Waals surface area contributed by atoms with E-state index in [2.05, 4.69) is 5.32 Å². The SMILES string of the molecule is O=C(NCc1ccc2c(c1)OCO2)C(=O)N1CCN(C(=O)c2ccco2)CC1. The second kappa shape index (κ2) is 7.63. The molecule has 1 N–H and O–H groups in total. The highest BCUT2D eigenvalue weighted by Gasteiger charge is 2.29. The fourth-order valence-corrected chi connectivity index (χ4v) is 3.12. The molecule has 2 aliphatic rings. The Hall–Kier alpha value is -3.49. The molecule has 1 fully saturated rings. The van der Waals surface area contributed by atoms with Crippen LogP contribution in [0.5, 0.6) is 11.5 Å². The van der Waals surface area contributed by atoms with Crippen molar-refractivity contribution < 1.29 is 28.3 Å². The molecule has 3 amide bonds. The number of furan rings is 1. The molecule has 9 nitrogen and oxygen atoms in total. The third-order valence-corrected chi connectivity index (χ3v) is 4.67. The summed E-state index contributed by atoms with van der Waals surface area (Å²) in [4.78, 5) is 39.8. The summed E-state index contributed by atoms with van der Waals surface area (Å²) >= 11 is 0. The molecule has 1 saturated heterocycles. The number of nitrogens with one attached hydrogen (secondary N) is 1. The van der Waals surface area contributed by atoms with Crippen LogP contribution < -0.4 is 14.8 Å². The van der Waals surface area contributed by atoms with Crippen molar-refractivity contribution in [2.45, 2.75) is 6.54 Å². The molecule has 1 aromatic heterocycles. The van der Waals surface area contributed by atoms with Gasteiger partial charge in [-0.05, 0) is 29.8 Å². The predicted molar refractivity (Wildman–Crippen MR) is 95.6 cm³/mol. The lowest BCUT2D eigenvalue weighted by molar-refractivity contribution is -0.146. The summed E-state index contributed by atoms with van der Waals surface area (Å²) in [7, 11) is 0. The van der Waals surface area contributed by atoms with E-state index in [0.29, 0.717) is 37.7 Å². The summed E-state index contributed by atoms with van der Waals surface area (Å²) in [6.45, 7) is 1.67. The van der Waals surface area contributed by atoms with Crippen molar-refractivity contribution in [1.82, 2.24) is 15.1 Å². The highest BCUT2D eigenvalue weighted by atomic mass is 16.7. The number of hydrogen-bond donors (Lipinski definition) is 1. The number of piperazine rings is 1. The number of fused-ring (bicyclic) bond motifs is 1. The molecule has 0 bridgehead atoms. The van der Waals surface area contributed by atoms with Gasteiger partial charge in [-0.1, -0.05) is 6.07 Å². The minimum atomic E-state index is -0.677. The molecule has 3 heterocycles. The van der Waals surface area contributed by atoms with Crippen molar-refractivity contribution in [1.29, 1.82) is 0 Å². The highest BCUT2D eigenvalue weighted by Crippen LogP contribution is 2.32. The Kier molecular flexibility index (Phi) is 4.88. The normalized spacial score (nSPS) is 15.4. The molecular formula is C19H19N3O6. The van der Waals surface area contributed by atoms with Crippen LogP contribution in [-0.4, -0.2) is 60.5 Å². The van der Waals surface area contributed by atoms with E-state index >= 15 is 0 Å². The van der Waals surface area contributed by atoms with Crippen molar-refractivity contribution in [2.24, 2.45) is 0 Å². The smallest absolute Gasteiger partial charge is 0.312 e. The monoisotopic (exact) mass is 385 g/mol. The highest BCUT2D eigenvalue weighted by molar-refractivity contribution is 6.35. The molecule has 0 atom stereocenters. The number of ether oxygens (including phenoxy) is 2. The zero-order valence-corrected chi connectivity index (χ0v) is 15.1. The maximum atomic E-state index is 12.4. The Morgan fingerprint density at radius 3 is 2.46 bits per heavy atom. The Labute approximate surface area is 160 Å². The zero-order chi connectivity index (χ0) is 19.5. The molecule has 4 rings (SSSR count). The Balaban J connectivity index is 1.26. The van der Waals surface area contributed by atoms with E-state index in [-0.39, 0.29) is 25.0 Å². The van der Waals surface area contributed by atoms with Gasteiger partial charge in [0.1, 0.15) is 0 Å². The molecule has 28 heavy (non-hydrogen) atoms. The fourth-order valence-electron chi connectivity index (χ4n) is 3.12. The average Bonchev–Trinajstić information content (AvgIpc) is 3.42. The Morgan fingerprint density at radius 2 is 1.71 bits per heavy atom. The number of nitrogens with zero attached hydrogens (tertiary/aromatic N) is 2. The molecule has 0 spiro atoms. The van der Waals surface area contributed by atoms with E-state index in [0.717, 1.165) is 5.56 Å². The van der Waals surface area contributed by atoms with Crippen molar-refractivity contribution in [2.75, 3.05) is 33.0 Å². The summed E-state index contributed by atoms with van der Waals surface area (Å²) < 4.78 is 15.6. The van der Waals surface area contributed by atoms with Crippen LogP contribution in [0.2, 0.25) is 0 Å². The van der Waals surface area contributed by atoms with Crippen molar-refractivity contribution >= 4 is 17.7 Å². The lowest BCUT2D eigenvalue weighted by Gasteiger charge is -2.33. The van der Waals surface area contributed by atoms with E-state index in [1.807, 2.05) is 0 Å². The number of carbonyl (C=O) groups is 3. The summed E-state index contributed by atoms with van der Waals surface area (Å²) in [5.41, 5.74) is 0.805. The first-order valence-electron chi connectivity index (χ1n) is 8.90. The third-order valence-electron chi connectivity index (χ3n) is 4.67. The largest absolute Gasteiger partial charge is 0.459 e. The number of benzene rings is 1. The fraction of sp³-hybridized carbons (Fsp3) is 0.316. The van der Waals surface area contributed by atoms with Crippen LogP contribution in [0.4, 0.5) is 0 Å². The van der Waals surface area contributed by atoms with Gasteiger partial charge in [0.15, 0.2) is 17.3 Å². The molecule has 2 aromatic rings. The van der Waals surface area contributed by atoms with Gasteiger partial charge < -0.3 is 29.0 Å². The van der Waals surface area contributed by atoms with Gasteiger partial charge in [-0.3, -0.25) is 14.4 Å². The molecule has 0 unspecified atom stereocenters. The third kappa shape index (κ3) is 3.64. The molecule has 0 saturated carbocycles. The molecule has 9 heteroatoms. The Morgan fingerprint density at radius 1 is 0.964 bits per heavy atom. The van der Waals surface area contributed by atoms with Crippen LogP contribution >= 0.6 is 0 Å². The molecule has 2 aliphatic heterocycles. The van der Waals surface area contributed by atoms with Crippen LogP contribution in [0.25, 0.3) is 0 Å². The molecule has 146 valence electrons. The molecule has 1 aromatic carbocycles. The zero-order valence-electron chi connectivity index (χ0n) is 15.1. The number of hydrogen-bond acceptors (Lipinski definition) is 6. The topological polar surface area (TPSA) is 101 Å². The summed E-state index contributed by atoms with van der Waals surface area (Å²) in [5, 5.41) is 2.62. The Bertz CT molecular complexity index is 887. The lowest BCUT2D eigenvalue weighted by Crippen LogP contribution is -2.53. The lowest BCUT2D eigenvalue weighted by atomic mass is 10.2. The van der Waals surface area contributed by atoms with Crippen molar-refractivity contribution in [3.05, 3.63) is 47.9 Å². The van der Waals surface area contributed by atoms with E-state index in [9.17, 15) is 14.4 Å². The second-order valence-corrected chi connectivity index (χ2v) is 6.43. The van der Waals surface area contributed by atoms with Gasteiger partial charge in [-0.2, -0.15) is 0 Å². The van der Waals surface area contributed by atoms with E-state index in [1.54, 1.807) is 35.2 Å². The summed E-state index contributed by atoms with van der Waals surface area (Å²) in [5.74, 6) is 0.0449. The van der Waals surface area contributed by atoms with E-state index < -0.39 is 11.8 Å². The first-order valence-corrected chi connectivity index (χ1v) is 8.90. The van der Waals surface area contributed by atoms with Crippen LogP contribution in [-0.2, 0) is 16.1 Å². The van der Waals surface area contributed by atoms with Gasteiger partial charge in [0.25, 0.3) is 5.91 Å². The average molecular weight is 385 g/mol. The minimum absolute atomic E-state index is 0.179. The number of carbonyl (C=O) groups excluding carboxylic acids is 3. The van der Waals surface area contributed by atoms with Gasteiger partial charge >= 0.3 is 11.8 Å². The van der Waals surface area contributed by atoms with Crippen LogP contribution in [0, 0.1) is 0 Å². The molecular weight excluding hydrogens is 366 g/mol. The molecule has 0 aliphatic carbocycles. The van der Waals surface area contributed by atoms with Gasteiger partial charge in [0, 0.05) is 32.7 Å². The number of rotatable bonds is 3. The standard InChI is InChI=1S/C19H19N3O6/c23-17(20-11-13-3-4-14-16(10-13)28-12-27-14)19(25)22-7-5-21(6-8-22)18(24)15-2-1-9-26-15/h1-4,9-10H,5-8,11-12H2,(H,20,23). The maximum absolute atomic E-state index is 12.4. The van der Waals surface area contributed by atoms with Gasteiger partial charge in [0.05, 0.1) is 6.26 Å². The first kappa shape index (κ1) is 17.9. The van der Waals surface area contributed by atoms with Crippen molar-refractivity contribution in [3.63, 3.8) is 0 Å². The van der Waals surface area contributed by atoms with Gasteiger partial charge in [-0.25, -0.2) is 0 Å². The summed E-state index contributed by atoms with van der Waals surface area (Å²) in [6.07, 6.45) is 1.44. The second-order valence-electron chi connectivity index (χ2n) is 6.43. The van der Waals surface area contributed by atoms with Crippen LogP contribution in [0.1, 0.15) is 16.1 Å². The van der Waals surface area contributed by atoms with Crippen molar-refractivity contribution in [3.8, 4) is 11.5 Å². The number of amides is 3. The quantitative estimate of drug-likeness (QED) is 0.777. The predicted octanol–water partition coefficient (Wildman–Crippen LogP) is 0.609. The first-order chi connectivity index (χ1) is 13.6. The van der Waals surface area contributed by atoms with Gasteiger partial charge in [-0.15, -0.1) is 0 Å². The summed E-state index contributed by atoms with van der Waals surface area (Å²) in [6, 6.07) is 8.59. The molecule has 0 radical (unpaired) electrons. The van der Waals surface area contributed by atoms with Crippen LogP contribution in [0.15, 0.2) is 41.0 Å². The van der Waals surface area contributed by atoms with E-state index in [1.165, 1.54) is 11.2 Å². The van der Waals surface area contributed by atoms with Crippen LogP contribution in [0.3, 0.4) is 0 Å². The van der Waals surface area contributed by atoms with Gasteiger partial charge in [0.2, 0.25) is 6.79 Å². The van der Waals surface area contributed by atoms with E-state index in [4.69, 9.17) is 13.9 Å². The maximum Gasteiger partial charge on any atom is 0.312 e. The minimum Gasteiger partial charge on any atom is -0.459 e.